The van der Waals surface area contributed by atoms with E-state index in [1.54, 1.807) is 36.9 Å². The monoisotopic (exact) mass is 426 g/mol. The standard InChI is InChI=1S/C24H27ClN2O3/c1-24(2)23(29)27(15-17-8-6-7-11-19(17)25)20-14-16(12-13-21(20)30-24)22(28)26-18-9-4-3-5-10-18/h6-8,11-14,18H,3-5,9-10,15H2,1-2H3,(H,26,28). The molecular weight excluding hydrogens is 400 g/mol. The first-order valence-electron chi connectivity index (χ1n) is 10.5. The lowest BCUT2D eigenvalue weighted by Gasteiger charge is -2.39. The van der Waals surface area contributed by atoms with Gasteiger partial charge in [0.15, 0.2) is 5.60 Å². The fraction of sp³-hybridized carbons (Fsp3) is 0.417. The molecule has 30 heavy (non-hydrogen) atoms. The fourth-order valence-electron chi connectivity index (χ4n) is 4.18. The molecule has 1 fully saturated rings. The Hall–Kier alpha value is -2.53. The summed E-state index contributed by atoms with van der Waals surface area (Å²) in [5, 5.41) is 3.74. The minimum atomic E-state index is -1.000. The van der Waals surface area contributed by atoms with Crippen molar-refractivity contribution < 1.29 is 14.3 Å². The molecule has 0 bridgehead atoms. The molecule has 0 atom stereocenters. The average molecular weight is 427 g/mol. The van der Waals surface area contributed by atoms with Crippen LogP contribution in [-0.2, 0) is 11.3 Å². The summed E-state index contributed by atoms with van der Waals surface area (Å²) < 4.78 is 5.96. The zero-order chi connectivity index (χ0) is 21.3. The largest absolute Gasteiger partial charge is 0.476 e. The molecular formula is C24H27ClN2O3. The van der Waals surface area contributed by atoms with Gasteiger partial charge in [0.05, 0.1) is 12.2 Å². The highest BCUT2D eigenvalue weighted by Gasteiger charge is 2.41. The number of nitrogens with one attached hydrogen (secondary N) is 1. The molecule has 1 aliphatic heterocycles. The van der Waals surface area contributed by atoms with Crippen LogP contribution >= 0.6 is 11.6 Å². The predicted octanol–water partition coefficient (Wildman–Crippen LogP) is 5.11. The van der Waals surface area contributed by atoms with E-state index >= 15 is 0 Å². The summed E-state index contributed by atoms with van der Waals surface area (Å²) in [6.45, 7) is 3.81. The first-order valence-corrected chi connectivity index (χ1v) is 10.9. The van der Waals surface area contributed by atoms with Gasteiger partial charge >= 0.3 is 0 Å². The lowest BCUT2D eigenvalue weighted by molar-refractivity contribution is -0.132. The number of halogens is 1. The third kappa shape index (κ3) is 4.17. The Labute approximate surface area is 182 Å². The Bertz CT molecular complexity index is 967. The topological polar surface area (TPSA) is 58.6 Å². The highest BCUT2D eigenvalue weighted by atomic mass is 35.5. The van der Waals surface area contributed by atoms with E-state index in [4.69, 9.17) is 16.3 Å². The van der Waals surface area contributed by atoms with E-state index in [0.29, 0.717) is 28.6 Å². The van der Waals surface area contributed by atoms with Crippen molar-refractivity contribution in [1.29, 1.82) is 0 Å². The molecule has 158 valence electrons. The first kappa shape index (κ1) is 20.7. The molecule has 2 aromatic carbocycles. The molecule has 0 saturated heterocycles. The Kier molecular flexibility index (Phi) is 5.74. The van der Waals surface area contributed by atoms with E-state index in [2.05, 4.69) is 5.32 Å². The highest BCUT2D eigenvalue weighted by Crippen LogP contribution is 2.39. The van der Waals surface area contributed by atoms with Crippen LogP contribution < -0.4 is 15.0 Å². The van der Waals surface area contributed by atoms with Crippen LogP contribution in [0.3, 0.4) is 0 Å². The van der Waals surface area contributed by atoms with Gasteiger partial charge in [-0.15, -0.1) is 0 Å². The molecule has 2 aromatic rings. The minimum absolute atomic E-state index is 0.111. The molecule has 0 spiro atoms. The van der Waals surface area contributed by atoms with E-state index in [1.807, 2.05) is 24.3 Å². The van der Waals surface area contributed by atoms with Crippen LogP contribution in [-0.4, -0.2) is 23.5 Å². The average Bonchev–Trinajstić information content (AvgIpc) is 2.73. The van der Waals surface area contributed by atoms with Crippen LogP contribution in [0.4, 0.5) is 5.69 Å². The van der Waals surface area contributed by atoms with Crippen molar-refractivity contribution in [3.05, 3.63) is 58.6 Å². The van der Waals surface area contributed by atoms with Crippen LogP contribution in [0, 0.1) is 0 Å². The lowest BCUT2D eigenvalue weighted by atomic mass is 9.95. The number of rotatable bonds is 4. The van der Waals surface area contributed by atoms with Crippen LogP contribution in [0.2, 0.25) is 5.02 Å². The normalized spacial score (nSPS) is 18.5. The highest BCUT2D eigenvalue weighted by molar-refractivity contribution is 6.31. The Morgan fingerprint density at radius 1 is 1.17 bits per heavy atom. The second-order valence-corrected chi connectivity index (χ2v) is 8.99. The van der Waals surface area contributed by atoms with Crippen molar-refractivity contribution in [2.75, 3.05) is 4.90 Å². The van der Waals surface area contributed by atoms with Crippen LogP contribution in [0.5, 0.6) is 5.75 Å². The molecule has 1 aliphatic carbocycles. The molecule has 1 saturated carbocycles. The van der Waals surface area contributed by atoms with Crippen LogP contribution in [0.25, 0.3) is 0 Å². The molecule has 0 radical (unpaired) electrons. The van der Waals surface area contributed by atoms with Gasteiger partial charge in [0.2, 0.25) is 0 Å². The molecule has 2 aliphatic rings. The number of carbonyl (C=O) groups is 2. The summed E-state index contributed by atoms with van der Waals surface area (Å²) in [5.41, 5.74) is 0.962. The maximum atomic E-state index is 13.2. The van der Waals surface area contributed by atoms with Crippen LogP contribution in [0.15, 0.2) is 42.5 Å². The number of benzene rings is 2. The van der Waals surface area contributed by atoms with E-state index in [1.165, 1.54) is 6.42 Å². The van der Waals surface area contributed by atoms with Gasteiger partial charge in [0, 0.05) is 16.6 Å². The van der Waals surface area contributed by atoms with E-state index in [9.17, 15) is 9.59 Å². The lowest BCUT2D eigenvalue weighted by Crippen LogP contribution is -2.52. The number of hydrogen-bond donors (Lipinski definition) is 1. The first-order chi connectivity index (χ1) is 14.3. The Morgan fingerprint density at radius 2 is 1.90 bits per heavy atom. The fourth-order valence-corrected chi connectivity index (χ4v) is 4.37. The van der Waals surface area contributed by atoms with Gasteiger partial charge in [-0.25, -0.2) is 0 Å². The molecule has 1 N–H and O–H groups in total. The number of ether oxygens (including phenoxy) is 1. The minimum Gasteiger partial charge on any atom is -0.476 e. The summed E-state index contributed by atoms with van der Waals surface area (Å²) in [5.74, 6) is 0.306. The molecule has 4 rings (SSSR count). The number of nitrogens with zero attached hydrogens (tertiary/aromatic N) is 1. The summed E-state index contributed by atoms with van der Waals surface area (Å²) in [6.07, 6.45) is 5.57. The third-order valence-corrected chi connectivity index (χ3v) is 6.23. The van der Waals surface area contributed by atoms with Gasteiger partial charge in [-0.2, -0.15) is 0 Å². The van der Waals surface area contributed by atoms with Crippen molar-refractivity contribution in [2.45, 2.75) is 64.1 Å². The summed E-state index contributed by atoms with van der Waals surface area (Å²) in [4.78, 5) is 27.7. The van der Waals surface area contributed by atoms with E-state index in [-0.39, 0.29) is 17.9 Å². The SMILES string of the molecule is CC1(C)Oc2ccc(C(=O)NC3CCCCC3)cc2N(Cc2ccccc2Cl)C1=O. The zero-order valence-corrected chi connectivity index (χ0v) is 18.2. The van der Waals surface area contributed by atoms with Crippen LogP contribution in [0.1, 0.15) is 61.9 Å². The third-order valence-electron chi connectivity index (χ3n) is 5.86. The van der Waals surface area contributed by atoms with Gasteiger partial charge in [-0.3, -0.25) is 9.59 Å². The smallest absolute Gasteiger partial charge is 0.271 e. The quantitative estimate of drug-likeness (QED) is 0.739. The predicted molar refractivity (Wildman–Crippen MR) is 118 cm³/mol. The van der Waals surface area contributed by atoms with E-state index in [0.717, 1.165) is 31.2 Å². The van der Waals surface area contributed by atoms with Crippen molar-refractivity contribution in [2.24, 2.45) is 0 Å². The Morgan fingerprint density at radius 3 is 2.63 bits per heavy atom. The molecule has 2 amide bonds. The van der Waals surface area contributed by atoms with Gasteiger partial charge in [-0.05, 0) is 56.5 Å². The van der Waals surface area contributed by atoms with Crippen molar-refractivity contribution in [1.82, 2.24) is 5.32 Å². The van der Waals surface area contributed by atoms with Gasteiger partial charge < -0.3 is 15.0 Å². The molecule has 1 heterocycles. The molecule has 0 aromatic heterocycles. The summed E-state index contributed by atoms with van der Waals surface area (Å²) in [7, 11) is 0. The van der Waals surface area contributed by atoms with E-state index < -0.39 is 5.60 Å². The van der Waals surface area contributed by atoms with Crippen molar-refractivity contribution in [3.8, 4) is 5.75 Å². The Balaban J connectivity index is 1.65. The molecule has 0 unspecified atom stereocenters. The maximum Gasteiger partial charge on any atom is 0.271 e. The van der Waals surface area contributed by atoms with Gasteiger partial charge in [0.1, 0.15) is 5.75 Å². The zero-order valence-electron chi connectivity index (χ0n) is 17.4. The summed E-state index contributed by atoms with van der Waals surface area (Å²) >= 11 is 6.35. The number of anilines is 1. The number of amides is 2. The van der Waals surface area contributed by atoms with Crippen molar-refractivity contribution in [3.63, 3.8) is 0 Å². The second kappa shape index (κ2) is 8.31. The van der Waals surface area contributed by atoms with Gasteiger partial charge in [0.25, 0.3) is 11.8 Å². The summed E-state index contributed by atoms with van der Waals surface area (Å²) in [6, 6.07) is 13.0. The molecule has 5 nitrogen and oxygen atoms in total. The molecule has 6 heteroatoms. The maximum absolute atomic E-state index is 13.2. The second-order valence-electron chi connectivity index (χ2n) is 8.59. The number of hydrogen-bond acceptors (Lipinski definition) is 3. The number of fused-ring (bicyclic) bond motifs is 1. The van der Waals surface area contributed by atoms with Gasteiger partial charge in [-0.1, -0.05) is 49.1 Å². The number of carbonyl (C=O) groups excluding carboxylic acids is 2. The van der Waals surface area contributed by atoms with Crippen molar-refractivity contribution >= 4 is 29.1 Å².